The molecule has 2 amide bonds. The minimum absolute atomic E-state index is 0.0244. The van der Waals surface area contributed by atoms with Gasteiger partial charge in [-0.2, -0.15) is 27.9 Å². The van der Waals surface area contributed by atoms with Crippen LogP contribution >= 0.6 is 11.6 Å². The van der Waals surface area contributed by atoms with Crippen molar-refractivity contribution in [3.63, 3.8) is 0 Å². The third kappa shape index (κ3) is 6.74. The van der Waals surface area contributed by atoms with E-state index in [2.05, 4.69) is 15.4 Å². The Labute approximate surface area is 287 Å². The van der Waals surface area contributed by atoms with E-state index >= 15 is 0 Å². The van der Waals surface area contributed by atoms with E-state index in [9.17, 15) is 32.7 Å². The lowest BCUT2D eigenvalue weighted by atomic mass is 10.1. The molecule has 260 valence electrons. The average Bonchev–Trinajstić information content (AvgIpc) is 3.56. The number of anilines is 2. The number of aromatic nitrogens is 4. The average molecular weight is 711 g/mol. The summed E-state index contributed by atoms with van der Waals surface area (Å²) < 4.78 is 47.6. The molecule has 0 spiro atoms. The summed E-state index contributed by atoms with van der Waals surface area (Å²) in [5.41, 5.74) is 0.278. The number of piperazine rings is 1. The highest BCUT2D eigenvalue weighted by Crippen LogP contribution is 2.34. The third-order valence-electron chi connectivity index (χ3n) is 8.52. The normalized spacial score (nSPS) is 15.2. The van der Waals surface area contributed by atoms with Gasteiger partial charge in [0.2, 0.25) is 11.7 Å². The van der Waals surface area contributed by atoms with Crippen LogP contribution in [0.2, 0.25) is 5.02 Å². The molecule has 2 N–H and O–H groups in total. The predicted molar refractivity (Wildman–Crippen MR) is 176 cm³/mol. The van der Waals surface area contributed by atoms with E-state index in [4.69, 9.17) is 21.6 Å². The van der Waals surface area contributed by atoms with Crippen molar-refractivity contribution in [3.05, 3.63) is 86.1 Å². The molecule has 0 saturated carbocycles. The molecule has 0 aliphatic carbocycles. The first-order valence-electron chi connectivity index (χ1n) is 15.6. The number of amides is 2. The largest absolute Gasteiger partial charge is 0.507 e. The first-order chi connectivity index (χ1) is 23.9. The minimum atomic E-state index is -4.62. The number of halogens is 4. The molecule has 1 fully saturated rings. The van der Waals surface area contributed by atoms with Gasteiger partial charge in [-0.05, 0) is 54.8 Å². The highest BCUT2D eigenvalue weighted by atomic mass is 35.5. The number of aromatic hydroxyl groups is 1. The maximum atomic E-state index is 14.1. The Morgan fingerprint density at radius 2 is 1.90 bits per heavy atom. The molecule has 0 atom stereocenters. The Morgan fingerprint density at radius 3 is 2.52 bits per heavy atom. The second kappa shape index (κ2) is 13.8. The number of carbonyl (C=O) groups excluding carboxylic acids is 2. The molecule has 2 aliphatic heterocycles. The van der Waals surface area contributed by atoms with Crippen LogP contribution in [0.1, 0.15) is 46.3 Å². The van der Waals surface area contributed by atoms with E-state index in [1.54, 1.807) is 9.47 Å². The van der Waals surface area contributed by atoms with Gasteiger partial charge < -0.3 is 29.5 Å². The molecule has 2 aliphatic rings. The van der Waals surface area contributed by atoms with E-state index in [1.807, 2.05) is 19.1 Å². The smallest absolute Gasteiger partial charge is 0.416 e. The molecule has 13 nitrogen and oxygen atoms in total. The molecule has 0 bridgehead atoms. The zero-order chi connectivity index (χ0) is 35.7. The van der Waals surface area contributed by atoms with Gasteiger partial charge in [0.25, 0.3) is 11.5 Å². The maximum absolute atomic E-state index is 14.1. The van der Waals surface area contributed by atoms with E-state index in [-0.39, 0.29) is 78.2 Å². The second-order valence-corrected chi connectivity index (χ2v) is 12.0. The number of alkyl halides is 3. The fraction of sp³-hybridized carbons (Fsp3) is 0.333. The number of fused-ring (bicyclic) bond motifs is 1. The van der Waals surface area contributed by atoms with Gasteiger partial charge in [0, 0.05) is 26.2 Å². The fourth-order valence-corrected chi connectivity index (χ4v) is 6.23. The fourth-order valence-electron chi connectivity index (χ4n) is 6.01. The Bertz CT molecular complexity index is 2130. The number of hydrogen-bond donors (Lipinski definition) is 2. The van der Waals surface area contributed by atoms with Crippen LogP contribution in [0.15, 0.2) is 47.3 Å². The Hall–Kier alpha value is -5.40. The van der Waals surface area contributed by atoms with Gasteiger partial charge >= 0.3 is 6.18 Å². The molecule has 4 heterocycles. The summed E-state index contributed by atoms with van der Waals surface area (Å²) in [6, 6.07) is 8.58. The SMILES string of the molecule is CCc1c(N2CCN(C(=O)c3ccc(C#N)cc3O)CC2)c(=O)n2nc(C3=CCOCC3)nc2n1CC(=O)Nc1ccc(C(F)(F)F)cc1Cl. The summed E-state index contributed by atoms with van der Waals surface area (Å²) >= 11 is 6.10. The van der Waals surface area contributed by atoms with E-state index in [1.165, 1.54) is 23.1 Å². The van der Waals surface area contributed by atoms with E-state index in [0.717, 1.165) is 28.3 Å². The molecule has 6 rings (SSSR count). The first-order valence-corrected chi connectivity index (χ1v) is 16.0. The molecular weight excluding hydrogens is 681 g/mol. The third-order valence-corrected chi connectivity index (χ3v) is 8.84. The van der Waals surface area contributed by atoms with Gasteiger partial charge in [0.05, 0.1) is 52.4 Å². The molecule has 2 aromatic carbocycles. The van der Waals surface area contributed by atoms with Gasteiger partial charge in [0.15, 0.2) is 5.82 Å². The summed E-state index contributed by atoms with van der Waals surface area (Å²) in [6.07, 6.45) is -2.01. The summed E-state index contributed by atoms with van der Waals surface area (Å²) in [5, 5.41) is 26.2. The van der Waals surface area contributed by atoms with Crippen LogP contribution in [0.5, 0.6) is 5.75 Å². The van der Waals surface area contributed by atoms with Gasteiger partial charge in [-0.1, -0.05) is 24.6 Å². The summed E-state index contributed by atoms with van der Waals surface area (Å²) in [6.45, 7) is 3.07. The van der Waals surface area contributed by atoms with Crippen molar-refractivity contribution in [2.45, 2.75) is 32.5 Å². The number of phenolic OH excluding ortho intramolecular Hbond substituents is 1. The van der Waals surface area contributed by atoms with E-state index < -0.39 is 29.1 Å². The van der Waals surface area contributed by atoms with Crippen molar-refractivity contribution in [1.82, 2.24) is 24.1 Å². The number of carbonyl (C=O) groups is 2. The monoisotopic (exact) mass is 710 g/mol. The van der Waals surface area contributed by atoms with Crippen LogP contribution < -0.4 is 15.8 Å². The highest BCUT2D eigenvalue weighted by Gasteiger charge is 2.32. The Kier molecular flexibility index (Phi) is 9.54. The van der Waals surface area contributed by atoms with Crippen molar-refractivity contribution in [3.8, 4) is 11.8 Å². The zero-order valence-corrected chi connectivity index (χ0v) is 27.4. The Morgan fingerprint density at radius 1 is 1.14 bits per heavy atom. The molecule has 2 aromatic heterocycles. The Balaban J connectivity index is 1.34. The van der Waals surface area contributed by atoms with Gasteiger partial charge in [-0.15, -0.1) is 5.10 Å². The number of hydrogen-bond acceptors (Lipinski definition) is 9. The van der Waals surface area contributed by atoms with Crippen LogP contribution in [-0.4, -0.2) is 80.4 Å². The molecule has 1 saturated heterocycles. The predicted octanol–water partition coefficient (Wildman–Crippen LogP) is 4.11. The van der Waals surface area contributed by atoms with Crippen LogP contribution in [0, 0.1) is 11.3 Å². The van der Waals surface area contributed by atoms with E-state index in [0.29, 0.717) is 31.2 Å². The van der Waals surface area contributed by atoms with Crippen molar-refractivity contribution in [2.24, 2.45) is 0 Å². The first kappa shape index (κ1) is 34.5. The number of phenols is 1. The minimum Gasteiger partial charge on any atom is -0.507 e. The van der Waals surface area contributed by atoms with Crippen molar-refractivity contribution >= 4 is 46.1 Å². The topological polar surface area (TPSA) is 158 Å². The number of rotatable bonds is 7. The standard InChI is InChI=1S/C33H30ClF3N8O5/c1-2-25-28(42-9-11-43(12-10-42)30(48)22-5-3-19(17-38)15-26(22)46)31(49)45-32(40-29(41-45)20-7-13-50-14-8-20)44(25)18-27(47)39-24-6-4-21(16-23(24)34)33(35,36)37/h3-7,15-16,46H,2,8-14,18H2,1H3,(H,39,47). The molecule has 50 heavy (non-hydrogen) atoms. The number of ether oxygens (including phenoxy) is 1. The van der Waals surface area contributed by atoms with Crippen molar-refractivity contribution < 1.29 is 32.6 Å². The lowest BCUT2D eigenvalue weighted by Gasteiger charge is -2.37. The summed E-state index contributed by atoms with van der Waals surface area (Å²) in [7, 11) is 0. The van der Waals surface area contributed by atoms with Crippen LogP contribution in [0.4, 0.5) is 24.5 Å². The van der Waals surface area contributed by atoms with Crippen molar-refractivity contribution in [2.75, 3.05) is 49.6 Å². The second-order valence-electron chi connectivity index (χ2n) is 11.6. The lowest BCUT2D eigenvalue weighted by molar-refractivity contribution is -0.137. The zero-order valence-electron chi connectivity index (χ0n) is 26.6. The number of nitrogens with zero attached hydrogens (tertiary/aromatic N) is 7. The van der Waals surface area contributed by atoms with Gasteiger partial charge in [-0.25, -0.2) is 0 Å². The molecule has 17 heteroatoms. The summed E-state index contributed by atoms with van der Waals surface area (Å²) in [4.78, 5) is 48.8. The number of benzene rings is 2. The maximum Gasteiger partial charge on any atom is 0.416 e. The molecule has 4 aromatic rings. The highest BCUT2D eigenvalue weighted by molar-refractivity contribution is 6.33. The van der Waals surface area contributed by atoms with Crippen LogP contribution in [-0.2, 0) is 28.7 Å². The molecule has 0 radical (unpaired) electrons. The van der Waals surface area contributed by atoms with Crippen LogP contribution in [0.25, 0.3) is 11.4 Å². The van der Waals surface area contributed by atoms with Gasteiger partial charge in [0.1, 0.15) is 18.0 Å². The quantitative estimate of drug-likeness (QED) is 0.288. The van der Waals surface area contributed by atoms with Crippen LogP contribution in [0.3, 0.4) is 0 Å². The molecule has 0 unspecified atom stereocenters. The lowest BCUT2D eigenvalue weighted by Crippen LogP contribution is -2.51. The number of nitrogens with one attached hydrogen (secondary N) is 1. The molecular formula is C33H30ClF3N8O5. The van der Waals surface area contributed by atoms with Crippen molar-refractivity contribution in [1.29, 1.82) is 5.26 Å². The van der Waals surface area contributed by atoms with Gasteiger partial charge in [-0.3, -0.25) is 14.4 Å². The number of nitriles is 1. The summed E-state index contributed by atoms with van der Waals surface area (Å²) in [5.74, 6) is -0.987.